The van der Waals surface area contributed by atoms with Crippen LogP contribution < -0.4 is 10.5 Å². The standard InChI is InChI=1S/C11H15NO2S/c1-14-11-4-2-9(3-5-11)7-15-8-10(13)6-12/h2-5H,6-8,12H2,1H3. The van der Waals surface area contributed by atoms with E-state index >= 15 is 0 Å². The predicted octanol–water partition coefficient (Wildman–Crippen LogP) is 1.46. The van der Waals surface area contributed by atoms with E-state index in [2.05, 4.69) is 0 Å². The molecule has 0 saturated heterocycles. The Morgan fingerprint density at radius 3 is 2.60 bits per heavy atom. The Hall–Kier alpha value is -1.00. The second kappa shape index (κ2) is 6.48. The predicted molar refractivity (Wildman–Crippen MR) is 63.2 cm³/mol. The summed E-state index contributed by atoms with van der Waals surface area (Å²) in [4.78, 5) is 10.9. The lowest BCUT2D eigenvalue weighted by Crippen LogP contribution is -2.15. The molecule has 0 aliphatic heterocycles. The van der Waals surface area contributed by atoms with Crippen molar-refractivity contribution in [1.29, 1.82) is 0 Å². The minimum absolute atomic E-state index is 0.0912. The van der Waals surface area contributed by atoms with Crippen LogP contribution in [0.15, 0.2) is 24.3 Å². The van der Waals surface area contributed by atoms with Gasteiger partial charge in [0.25, 0.3) is 0 Å². The summed E-state index contributed by atoms with van der Waals surface area (Å²) in [5, 5.41) is 0. The van der Waals surface area contributed by atoms with Crippen LogP contribution in [0.2, 0.25) is 0 Å². The lowest BCUT2D eigenvalue weighted by molar-refractivity contribution is -0.115. The zero-order valence-electron chi connectivity index (χ0n) is 8.73. The quantitative estimate of drug-likeness (QED) is 0.796. The van der Waals surface area contributed by atoms with Crippen LogP contribution in [0.3, 0.4) is 0 Å². The highest BCUT2D eigenvalue weighted by atomic mass is 32.2. The molecule has 0 fully saturated rings. The molecule has 0 spiro atoms. The Morgan fingerprint density at radius 2 is 2.07 bits per heavy atom. The number of benzene rings is 1. The molecule has 82 valence electrons. The van der Waals surface area contributed by atoms with Gasteiger partial charge >= 0.3 is 0 Å². The molecule has 0 radical (unpaired) electrons. The minimum atomic E-state index is 0.0912. The van der Waals surface area contributed by atoms with Crippen LogP contribution in [-0.2, 0) is 10.5 Å². The average Bonchev–Trinajstić information content (AvgIpc) is 2.29. The van der Waals surface area contributed by atoms with Crippen molar-refractivity contribution in [3.8, 4) is 5.75 Å². The third-order valence-electron chi connectivity index (χ3n) is 1.92. The highest BCUT2D eigenvalue weighted by Gasteiger charge is 1.99. The minimum Gasteiger partial charge on any atom is -0.497 e. The molecule has 0 amide bonds. The summed E-state index contributed by atoms with van der Waals surface area (Å²) >= 11 is 1.58. The molecule has 0 aliphatic rings. The van der Waals surface area contributed by atoms with Crippen molar-refractivity contribution in [3.63, 3.8) is 0 Å². The van der Waals surface area contributed by atoms with E-state index in [1.807, 2.05) is 24.3 Å². The number of nitrogens with two attached hydrogens (primary N) is 1. The summed E-state index contributed by atoms with van der Waals surface area (Å²) in [5.74, 6) is 2.26. The highest BCUT2D eigenvalue weighted by Crippen LogP contribution is 2.16. The monoisotopic (exact) mass is 225 g/mol. The number of thioether (sulfide) groups is 1. The summed E-state index contributed by atoms with van der Waals surface area (Å²) in [7, 11) is 1.64. The van der Waals surface area contributed by atoms with Gasteiger partial charge in [-0.05, 0) is 17.7 Å². The van der Waals surface area contributed by atoms with E-state index in [-0.39, 0.29) is 12.3 Å². The first-order valence-electron chi connectivity index (χ1n) is 4.68. The molecule has 0 aromatic heterocycles. The van der Waals surface area contributed by atoms with Gasteiger partial charge in [-0.15, -0.1) is 11.8 Å². The van der Waals surface area contributed by atoms with Crippen molar-refractivity contribution in [2.24, 2.45) is 5.73 Å². The van der Waals surface area contributed by atoms with E-state index in [1.54, 1.807) is 18.9 Å². The number of hydrogen-bond donors (Lipinski definition) is 1. The van der Waals surface area contributed by atoms with Crippen LogP contribution in [0, 0.1) is 0 Å². The summed E-state index contributed by atoms with van der Waals surface area (Å²) in [6.45, 7) is 0.135. The topological polar surface area (TPSA) is 52.3 Å². The first-order valence-corrected chi connectivity index (χ1v) is 5.84. The molecule has 0 atom stereocenters. The van der Waals surface area contributed by atoms with Gasteiger partial charge in [0.1, 0.15) is 5.75 Å². The Labute approximate surface area is 94.0 Å². The first-order chi connectivity index (χ1) is 7.26. The Balaban J connectivity index is 2.34. The van der Waals surface area contributed by atoms with E-state index in [0.717, 1.165) is 11.5 Å². The van der Waals surface area contributed by atoms with E-state index in [4.69, 9.17) is 10.5 Å². The summed E-state index contributed by atoms with van der Waals surface area (Å²) < 4.78 is 5.05. The maximum absolute atomic E-state index is 10.9. The number of ketones is 1. The molecular formula is C11H15NO2S. The first kappa shape index (κ1) is 12.1. The van der Waals surface area contributed by atoms with Crippen molar-refractivity contribution in [1.82, 2.24) is 0 Å². The molecule has 1 aromatic rings. The molecule has 1 aromatic carbocycles. The van der Waals surface area contributed by atoms with Crippen molar-refractivity contribution >= 4 is 17.5 Å². The molecule has 0 unspecified atom stereocenters. The number of Topliss-reactive ketones (excluding diaryl/α,β-unsaturated/α-hetero) is 1. The van der Waals surface area contributed by atoms with Gasteiger partial charge in [-0.2, -0.15) is 0 Å². The van der Waals surface area contributed by atoms with Crippen LogP contribution in [-0.4, -0.2) is 25.2 Å². The van der Waals surface area contributed by atoms with Crippen LogP contribution in [0.4, 0.5) is 0 Å². The van der Waals surface area contributed by atoms with Gasteiger partial charge in [0.2, 0.25) is 0 Å². The van der Waals surface area contributed by atoms with Crippen LogP contribution in [0.5, 0.6) is 5.75 Å². The van der Waals surface area contributed by atoms with Crippen molar-refractivity contribution in [2.75, 3.05) is 19.4 Å². The van der Waals surface area contributed by atoms with Gasteiger partial charge in [0, 0.05) is 5.75 Å². The van der Waals surface area contributed by atoms with E-state index < -0.39 is 0 Å². The average molecular weight is 225 g/mol. The van der Waals surface area contributed by atoms with Gasteiger partial charge in [-0.3, -0.25) is 4.79 Å². The lowest BCUT2D eigenvalue weighted by Gasteiger charge is -2.02. The second-order valence-electron chi connectivity index (χ2n) is 3.08. The van der Waals surface area contributed by atoms with E-state index in [0.29, 0.717) is 5.75 Å². The number of ether oxygens (including phenoxy) is 1. The number of hydrogen-bond acceptors (Lipinski definition) is 4. The maximum Gasteiger partial charge on any atom is 0.156 e. The number of rotatable bonds is 6. The number of carbonyl (C=O) groups is 1. The smallest absolute Gasteiger partial charge is 0.156 e. The molecular weight excluding hydrogens is 210 g/mol. The summed E-state index contributed by atoms with van der Waals surface area (Å²) in [5.41, 5.74) is 6.40. The Kier molecular flexibility index (Phi) is 5.21. The van der Waals surface area contributed by atoms with Crippen LogP contribution in [0.25, 0.3) is 0 Å². The van der Waals surface area contributed by atoms with Crippen molar-refractivity contribution in [3.05, 3.63) is 29.8 Å². The molecule has 15 heavy (non-hydrogen) atoms. The largest absolute Gasteiger partial charge is 0.497 e. The number of carbonyl (C=O) groups excluding carboxylic acids is 1. The van der Waals surface area contributed by atoms with E-state index in [1.165, 1.54) is 5.56 Å². The van der Waals surface area contributed by atoms with Gasteiger partial charge in [0.15, 0.2) is 5.78 Å². The maximum atomic E-state index is 10.9. The molecule has 3 nitrogen and oxygen atoms in total. The molecule has 0 saturated carbocycles. The fourth-order valence-corrected chi connectivity index (χ4v) is 1.94. The zero-order valence-corrected chi connectivity index (χ0v) is 9.55. The number of methoxy groups -OCH3 is 1. The second-order valence-corrected chi connectivity index (χ2v) is 4.07. The fraction of sp³-hybridized carbons (Fsp3) is 0.364. The van der Waals surface area contributed by atoms with Crippen LogP contribution in [0.1, 0.15) is 5.56 Å². The molecule has 4 heteroatoms. The van der Waals surface area contributed by atoms with Gasteiger partial charge < -0.3 is 10.5 Å². The van der Waals surface area contributed by atoms with Crippen LogP contribution >= 0.6 is 11.8 Å². The molecule has 0 aliphatic carbocycles. The molecule has 2 N–H and O–H groups in total. The molecule has 0 bridgehead atoms. The van der Waals surface area contributed by atoms with Gasteiger partial charge in [0.05, 0.1) is 19.4 Å². The van der Waals surface area contributed by atoms with Crippen molar-refractivity contribution < 1.29 is 9.53 Å². The van der Waals surface area contributed by atoms with E-state index in [9.17, 15) is 4.79 Å². The summed E-state index contributed by atoms with van der Waals surface area (Å²) in [6, 6.07) is 7.83. The zero-order chi connectivity index (χ0) is 11.1. The Bertz CT molecular complexity index is 311. The Morgan fingerprint density at radius 1 is 1.40 bits per heavy atom. The third kappa shape index (κ3) is 4.36. The van der Waals surface area contributed by atoms with Gasteiger partial charge in [-0.25, -0.2) is 0 Å². The lowest BCUT2D eigenvalue weighted by atomic mass is 10.2. The summed E-state index contributed by atoms with van der Waals surface area (Å²) in [6.07, 6.45) is 0. The third-order valence-corrected chi connectivity index (χ3v) is 2.98. The molecule has 1 rings (SSSR count). The molecule has 0 heterocycles. The highest BCUT2D eigenvalue weighted by molar-refractivity contribution is 7.99. The fourth-order valence-electron chi connectivity index (χ4n) is 1.06. The normalized spacial score (nSPS) is 10.0. The SMILES string of the molecule is COc1ccc(CSCC(=O)CN)cc1. The van der Waals surface area contributed by atoms with Gasteiger partial charge in [-0.1, -0.05) is 12.1 Å². The van der Waals surface area contributed by atoms with Crippen molar-refractivity contribution in [2.45, 2.75) is 5.75 Å².